The molecule has 2 saturated heterocycles. The van der Waals surface area contributed by atoms with Crippen LogP contribution in [0.1, 0.15) is 12.5 Å². The number of nitrogen functional groups attached to an aromatic ring is 2. The summed E-state index contributed by atoms with van der Waals surface area (Å²) in [5.41, 5.74) is 10.5. The van der Waals surface area contributed by atoms with Gasteiger partial charge in [-0.1, -0.05) is 5.21 Å². The van der Waals surface area contributed by atoms with Gasteiger partial charge in [-0.3, -0.25) is 18.9 Å². The quantitative estimate of drug-likeness (QED) is 0.102. The number of nitrogens with one attached hydrogen (secondary N) is 1. The maximum Gasteiger partial charge on any atom is 0.325 e. The number of nitrogens with zero attached hydrogens (tertiary/aromatic N) is 8. The summed E-state index contributed by atoms with van der Waals surface area (Å²) in [7, 11) is -2.88. The largest absolute Gasteiger partial charge is 0.394 e. The van der Waals surface area contributed by atoms with Crippen LogP contribution in [0.4, 0.5) is 20.5 Å². The van der Waals surface area contributed by atoms with E-state index < -0.39 is 81.9 Å². The van der Waals surface area contributed by atoms with E-state index in [9.17, 15) is 19.7 Å². The van der Waals surface area contributed by atoms with Gasteiger partial charge in [0.25, 0.3) is 5.56 Å². The number of aromatic amines is 1. The first-order valence-corrected chi connectivity index (χ1v) is 17.8. The van der Waals surface area contributed by atoms with Crippen LogP contribution in [0.3, 0.4) is 0 Å². The number of anilines is 2. The fourth-order valence-electron chi connectivity index (χ4n) is 4.90. The number of ether oxygens (including phenoxy) is 2. The van der Waals surface area contributed by atoms with Crippen molar-refractivity contribution in [2.75, 3.05) is 24.7 Å². The van der Waals surface area contributed by atoms with Crippen LogP contribution >= 0.6 is 13.9 Å². The number of aliphatic hydroxyl groups is 1. The van der Waals surface area contributed by atoms with Crippen LogP contribution in [0, 0.1) is 0 Å². The van der Waals surface area contributed by atoms with E-state index in [2.05, 4.69) is 35.2 Å². The zero-order valence-electron chi connectivity index (χ0n) is 22.2. The Hall–Kier alpha value is -2.73. The van der Waals surface area contributed by atoms with Gasteiger partial charge in [-0.2, -0.15) is 9.67 Å². The Morgan fingerprint density at radius 1 is 1.11 bits per heavy atom. The molecule has 2 aliphatic rings. The van der Waals surface area contributed by atoms with Gasteiger partial charge >= 0.3 is 6.72 Å². The van der Waals surface area contributed by atoms with Crippen molar-refractivity contribution in [2.24, 2.45) is 0 Å². The van der Waals surface area contributed by atoms with Gasteiger partial charge < -0.3 is 44.9 Å². The molecule has 20 nitrogen and oxygen atoms in total. The normalized spacial score (nSPS) is 30.7. The minimum atomic E-state index is -4.43. The van der Waals surface area contributed by atoms with Gasteiger partial charge in [-0.15, -0.1) is 5.10 Å². The summed E-state index contributed by atoms with van der Waals surface area (Å²) >= 11 is 9.86. The van der Waals surface area contributed by atoms with Crippen LogP contribution in [0.25, 0.3) is 22.3 Å². The molecule has 10 atom stereocenters. The van der Waals surface area contributed by atoms with Gasteiger partial charge in [0.1, 0.15) is 36.3 Å². The van der Waals surface area contributed by atoms with E-state index in [4.69, 9.17) is 58.1 Å². The summed E-state index contributed by atoms with van der Waals surface area (Å²) in [6, 6.07) is 0. The molecule has 8 N–H and O–H groups in total. The molecule has 26 heteroatoms. The number of aliphatic hydroxyl groups excluding tert-OH is 1. The predicted octanol–water partition coefficient (Wildman–Crippen LogP) is -1.52. The van der Waals surface area contributed by atoms with Crippen molar-refractivity contribution >= 4 is 71.6 Å². The lowest BCUT2D eigenvalue weighted by Gasteiger charge is -2.26. The number of halogens is 2. The van der Waals surface area contributed by atoms with E-state index in [1.807, 2.05) is 0 Å². The molecule has 0 aromatic carbocycles. The molecule has 0 radical (unpaired) electrons. The minimum absolute atomic E-state index is 0.0399. The molecule has 6 heterocycles. The number of rotatable bonds is 10. The molecule has 0 bridgehead atoms. The fraction of sp³-hybridized carbons (Fsp3) is 0.526. The van der Waals surface area contributed by atoms with Crippen LogP contribution in [0.15, 0.2) is 17.4 Å². The molecule has 0 aliphatic carbocycles. The van der Waals surface area contributed by atoms with Crippen LogP contribution in [0.2, 0.25) is 0 Å². The maximum atomic E-state index is 15.7. The number of aromatic nitrogens is 9. The predicted molar refractivity (Wildman–Crippen MR) is 155 cm³/mol. The number of imidazole rings is 1. The Kier molecular flexibility index (Phi) is 8.93. The lowest BCUT2D eigenvalue weighted by molar-refractivity contribution is -0.0588. The number of nitrogens with two attached hydrogens (primary N) is 2. The van der Waals surface area contributed by atoms with Gasteiger partial charge in [0.05, 0.1) is 19.5 Å². The highest BCUT2D eigenvalue weighted by molar-refractivity contribution is 8.07. The van der Waals surface area contributed by atoms with Gasteiger partial charge in [0.15, 0.2) is 54.6 Å². The van der Waals surface area contributed by atoms with Gasteiger partial charge in [0.2, 0.25) is 5.95 Å². The summed E-state index contributed by atoms with van der Waals surface area (Å²) in [6.07, 6.45) is -10.8. The van der Waals surface area contributed by atoms with E-state index in [-0.39, 0.29) is 34.1 Å². The standard InChI is InChI=1S/C19H23F2N11O9P2S2/c20-7-5(1-33)38-18(32-15-10(29-30-32)16(34)28-19(23)27-15)12(7)41-43(36,45)37-2-6-11(40-42(35)44)8(21)17(39-6)31-4-26-9-13(22)24-3-25-14(9)31/h3-8,11-12,17-18,33,42H,1-2H2,(H,35,44)(H,36,45)(H2,22,24,25)(H3,23,27,28,34)/t5-,6-,7+,8+,11-,12-,17-,18-,43?/m1/s1. The van der Waals surface area contributed by atoms with E-state index >= 15 is 8.78 Å². The Labute approximate surface area is 259 Å². The van der Waals surface area contributed by atoms with Gasteiger partial charge in [-0.25, -0.2) is 23.7 Å². The summed E-state index contributed by atoms with van der Waals surface area (Å²) in [6.45, 7) is -5.92. The molecule has 0 saturated carbocycles. The maximum absolute atomic E-state index is 15.7. The Bertz CT molecular complexity index is 1870. The van der Waals surface area contributed by atoms with E-state index in [0.717, 1.165) is 11.0 Å². The molecule has 4 aromatic rings. The zero-order valence-corrected chi connectivity index (χ0v) is 25.8. The molecule has 2 unspecified atom stereocenters. The van der Waals surface area contributed by atoms with Crippen molar-refractivity contribution in [2.45, 2.75) is 49.2 Å². The summed E-state index contributed by atoms with van der Waals surface area (Å²) in [5.74, 6) is -0.264. The number of H-pyrrole nitrogens is 1. The van der Waals surface area contributed by atoms with Crippen molar-refractivity contribution in [3.05, 3.63) is 23.0 Å². The van der Waals surface area contributed by atoms with Crippen molar-refractivity contribution in [3.8, 4) is 0 Å². The van der Waals surface area contributed by atoms with Crippen molar-refractivity contribution < 1.29 is 46.7 Å². The molecule has 6 rings (SSSR count). The molecule has 2 aliphatic heterocycles. The van der Waals surface area contributed by atoms with Crippen molar-refractivity contribution in [1.82, 2.24) is 44.5 Å². The third-order valence-corrected chi connectivity index (χ3v) is 9.18. The lowest BCUT2D eigenvalue weighted by atomic mass is 10.1. The van der Waals surface area contributed by atoms with Crippen LogP contribution in [-0.4, -0.2) is 109 Å². The number of fused-ring (bicyclic) bond motifs is 2. The average Bonchev–Trinajstić information content (AvgIpc) is 3.73. The van der Waals surface area contributed by atoms with Gasteiger partial charge in [-0.05, 0) is 23.6 Å². The third kappa shape index (κ3) is 6.08. The monoisotopic (exact) mass is 713 g/mol. The van der Waals surface area contributed by atoms with Crippen LogP contribution in [0.5, 0.6) is 0 Å². The molecule has 4 aromatic heterocycles. The molecule has 244 valence electrons. The second-order valence-electron chi connectivity index (χ2n) is 9.62. The average molecular weight is 714 g/mol. The Morgan fingerprint density at radius 2 is 1.87 bits per heavy atom. The summed E-state index contributed by atoms with van der Waals surface area (Å²) in [5, 5.41) is 17.1. The first-order chi connectivity index (χ1) is 21.4. The molecule has 0 amide bonds. The Balaban J connectivity index is 1.22. The fourth-order valence-corrected chi connectivity index (χ4v) is 7.15. The summed E-state index contributed by atoms with van der Waals surface area (Å²) in [4.78, 5) is 51.0. The molecular weight excluding hydrogens is 690 g/mol. The summed E-state index contributed by atoms with van der Waals surface area (Å²) < 4.78 is 60.7. The molecule has 45 heavy (non-hydrogen) atoms. The van der Waals surface area contributed by atoms with E-state index in [1.54, 1.807) is 0 Å². The molecular formula is C19H23F2N11O9P2S2. The van der Waals surface area contributed by atoms with Gasteiger partial charge in [0, 0.05) is 0 Å². The third-order valence-electron chi connectivity index (χ3n) is 6.86. The second-order valence-corrected chi connectivity index (χ2v) is 14.2. The highest BCUT2D eigenvalue weighted by atomic mass is 32.5. The molecule has 2 fully saturated rings. The zero-order chi connectivity index (χ0) is 32.2. The highest BCUT2D eigenvalue weighted by Gasteiger charge is 2.52. The van der Waals surface area contributed by atoms with E-state index in [1.165, 1.54) is 10.9 Å². The number of hydrogen-bond acceptors (Lipinski definition) is 17. The number of alkyl halides is 2. The second kappa shape index (κ2) is 12.5. The lowest BCUT2D eigenvalue weighted by Crippen LogP contribution is -2.34. The smallest absolute Gasteiger partial charge is 0.325 e. The highest BCUT2D eigenvalue weighted by Crippen LogP contribution is 2.51. The topological polar surface area (TPSA) is 279 Å². The van der Waals surface area contributed by atoms with Crippen LogP contribution in [-0.2, 0) is 46.7 Å². The SMILES string of the molecule is Nc1nc2c(nnn2[C@@H]2O[C@H](CO)[C@H](F)[C@H]2OP(O)(=S)OC[C@H]2O[C@@H](n3cnc4c(N)ncnc43)[C@@H](F)[C@@H]2O[PH](O)=S)c(=O)[nH]1. The van der Waals surface area contributed by atoms with Crippen molar-refractivity contribution in [1.29, 1.82) is 0 Å². The minimum Gasteiger partial charge on any atom is -0.394 e. The van der Waals surface area contributed by atoms with Crippen LogP contribution < -0.4 is 17.0 Å². The first-order valence-electron chi connectivity index (χ1n) is 12.7. The first kappa shape index (κ1) is 32.2. The Morgan fingerprint density at radius 3 is 2.60 bits per heavy atom. The number of hydrogen-bond donors (Lipinski definition) is 6. The molecule has 0 spiro atoms. The van der Waals surface area contributed by atoms with Crippen molar-refractivity contribution in [3.63, 3.8) is 0 Å². The van der Waals surface area contributed by atoms with E-state index in [0.29, 0.717) is 0 Å².